The predicted molar refractivity (Wildman–Crippen MR) is 110 cm³/mol. The van der Waals surface area contributed by atoms with Gasteiger partial charge in [-0.1, -0.05) is 31.5 Å². The van der Waals surface area contributed by atoms with Crippen LogP contribution >= 0.6 is 0 Å². The van der Waals surface area contributed by atoms with Crippen LogP contribution in [0, 0.1) is 0 Å². The number of aliphatic imine (C=N–C) groups is 1. The summed E-state index contributed by atoms with van der Waals surface area (Å²) in [6.07, 6.45) is 2.08. The molecule has 0 amide bonds. The maximum Gasteiger partial charge on any atom is 0.280 e. The van der Waals surface area contributed by atoms with Gasteiger partial charge in [-0.25, -0.2) is 4.68 Å². The largest absolute Gasteiger partial charge is 0.497 e. The van der Waals surface area contributed by atoms with E-state index in [1.54, 1.807) is 11.8 Å². The summed E-state index contributed by atoms with van der Waals surface area (Å²) in [4.78, 5) is 17.8. The summed E-state index contributed by atoms with van der Waals surface area (Å²) in [5.41, 5.74) is 3.76. The molecule has 2 aromatic carbocycles. The second-order valence-electron chi connectivity index (χ2n) is 6.39. The van der Waals surface area contributed by atoms with Crippen LogP contribution in [0.4, 0.5) is 0 Å². The SMILES string of the molecule is CCCCN=C(C)c1c(-c2ccc(OC)cc2)[nH]n(-c2ccccc2)c1=O. The number of ether oxygens (including phenoxy) is 1. The molecule has 0 aliphatic carbocycles. The van der Waals surface area contributed by atoms with Crippen LogP contribution in [-0.4, -0.2) is 29.1 Å². The summed E-state index contributed by atoms with van der Waals surface area (Å²) in [6, 6.07) is 17.2. The van der Waals surface area contributed by atoms with Gasteiger partial charge in [0.05, 0.1) is 24.1 Å². The van der Waals surface area contributed by atoms with Crippen molar-refractivity contribution in [3.63, 3.8) is 0 Å². The van der Waals surface area contributed by atoms with E-state index in [4.69, 9.17) is 4.74 Å². The number of nitrogens with one attached hydrogen (secondary N) is 1. The van der Waals surface area contributed by atoms with Crippen LogP contribution in [0.25, 0.3) is 16.9 Å². The molecule has 1 N–H and O–H groups in total. The third-order valence-corrected chi connectivity index (χ3v) is 4.51. The highest BCUT2D eigenvalue weighted by Crippen LogP contribution is 2.24. The fraction of sp³-hybridized carbons (Fsp3) is 0.273. The maximum absolute atomic E-state index is 13.2. The lowest BCUT2D eigenvalue weighted by Crippen LogP contribution is -2.19. The standard InChI is InChI=1S/C22H25N3O2/c1-4-5-15-23-16(2)20-21(17-11-13-19(27-3)14-12-17)24-25(22(20)26)18-9-7-6-8-10-18/h6-14,24H,4-5,15H2,1-3H3. The summed E-state index contributed by atoms with van der Waals surface area (Å²) in [5.74, 6) is 0.776. The van der Waals surface area contributed by atoms with Crippen molar-refractivity contribution in [1.82, 2.24) is 9.78 Å². The number of aromatic amines is 1. The maximum atomic E-state index is 13.2. The topological polar surface area (TPSA) is 59.4 Å². The first-order valence-corrected chi connectivity index (χ1v) is 9.22. The van der Waals surface area contributed by atoms with Gasteiger partial charge in [-0.15, -0.1) is 0 Å². The minimum absolute atomic E-state index is 0.0928. The van der Waals surface area contributed by atoms with E-state index in [1.807, 2.05) is 61.5 Å². The molecule has 5 nitrogen and oxygen atoms in total. The summed E-state index contributed by atoms with van der Waals surface area (Å²) in [7, 11) is 1.64. The third kappa shape index (κ3) is 4.03. The number of hydrogen-bond acceptors (Lipinski definition) is 3. The smallest absolute Gasteiger partial charge is 0.280 e. The van der Waals surface area contributed by atoms with E-state index in [0.717, 1.165) is 47.8 Å². The molecule has 1 heterocycles. The first-order chi connectivity index (χ1) is 13.2. The van der Waals surface area contributed by atoms with Crippen LogP contribution in [0.15, 0.2) is 64.4 Å². The lowest BCUT2D eigenvalue weighted by atomic mass is 10.0. The fourth-order valence-electron chi connectivity index (χ4n) is 2.98. The van der Waals surface area contributed by atoms with Crippen LogP contribution in [-0.2, 0) is 0 Å². The Kier molecular flexibility index (Phi) is 5.91. The van der Waals surface area contributed by atoms with Gasteiger partial charge in [0.2, 0.25) is 0 Å². The molecule has 3 aromatic rings. The zero-order valence-corrected chi connectivity index (χ0v) is 16.0. The molecule has 1 aromatic heterocycles. The summed E-state index contributed by atoms with van der Waals surface area (Å²) < 4.78 is 6.82. The van der Waals surface area contributed by atoms with Gasteiger partial charge in [0.1, 0.15) is 5.75 Å². The molecule has 3 rings (SSSR count). The number of H-pyrrole nitrogens is 1. The molecule has 0 saturated heterocycles. The van der Waals surface area contributed by atoms with Gasteiger partial charge in [-0.05, 0) is 49.7 Å². The molecular weight excluding hydrogens is 338 g/mol. The fourth-order valence-corrected chi connectivity index (χ4v) is 2.98. The minimum atomic E-state index is -0.0928. The highest BCUT2D eigenvalue weighted by atomic mass is 16.5. The minimum Gasteiger partial charge on any atom is -0.497 e. The van der Waals surface area contributed by atoms with Crippen molar-refractivity contribution >= 4 is 5.71 Å². The number of benzene rings is 2. The second-order valence-corrected chi connectivity index (χ2v) is 6.39. The van der Waals surface area contributed by atoms with Gasteiger partial charge in [-0.2, -0.15) is 0 Å². The molecule has 0 saturated carbocycles. The first kappa shape index (κ1) is 18.7. The summed E-state index contributed by atoms with van der Waals surface area (Å²) in [5, 5.41) is 3.27. The van der Waals surface area contributed by atoms with Gasteiger partial charge in [0.15, 0.2) is 0 Å². The number of methoxy groups -OCH3 is 1. The van der Waals surface area contributed by atoms with Crippen LogP contribution in [0.2, 0.25) is 0 Å². The number of para-hydroxylation sites is 1. The second kappa shape index (κ2) is 8.54. The van der Waals surface area contributed by atoms with E-state index in [1.165, 1.54) is 0 Å². The molecule has 0 spiro atoms. The van der Waals surface area contributed by atoms with E-state index in [9.17, 15) is 4.79 Å². The van der Waals surface area contributed by atoms with Crippen molar-refractivity contribution in [3.8, 4) is 22.7 Å². The van der Waals surface area contributed by atoms with E-state index >= 15 is 0 Å². The number of rotatable bonds is 7. The summed E-state index contributed by atoms with van der Waals surface area (Å²) in [6.45, 7) is 4.76. The van der Waals surface area contributed by atoms with Gasteiger partial charge in [0, 0.05) is 17.8 Å². The number of unbranched alkanes of at least 4 members (excludes halogenated alkanes) is 1. The normalized spacial score (nSPS) is 11.6. The van der Waals surface area contributed by atoms with Crippen molar-refractivity contribution in [2.45, 2.75) is 26.7 Å². The first-order valence-electron chi connectivity index (χ1n) is 9.22. The number of hydrogen-bond donors (Lipinski definition) is 1. The Labute approximate surface area is 159 Å². The van der Waals surface area contributed by atoms with Crippen molar-refractivity contribution in [1.29, 1.82) is 0 Å². The molecule has 0 aliphatic heterocycles. The van der Waals surface area contributed by atoms with Gasteiger partial charge >= 0.3 is 0 Å². The van der Waals surface area contributed by atoms with Crippen LogP contribution in [0.3, 0.4) is 0 Å². The molecule has 5 heteroatoms. The zero-order chi connectivity index (χ0) is 19.2. The van der Waals surface area contributed by atoms with Crippen LogP contribution in [0.1, 0.15) is 32.3 Å². The third-order valence-electron chi connectivity index (χ3n) is 4.51. The highest BCUT2D eigenvalue weighted by Gasteiger charge is 2.19. The molecule has 0 fully saturated rings. The lowest BCUT2D eigenvalue weighted by molar-refractivity contribution is 0.415. The Morgan fingerprint density at radius 3 is 2.44 bits per heavy atom. The monoisotopic (exact) mass is 363 g/mol. The lowest BCUT2D eigenvalue weighted by Gasteiger charge is -2.05. The Morgan fingerprint density at radius 2 is 1.81 bits per heavy atom. The van der Waals surface area contributed by atoms with Crippen molar-refractivity contribution in [2.75, 3.05) is 13.7 Å². The zero-order valence-electron chi connectivity index (χ0n) is 16.0. The number of aromatic nitrogens is 2. The van der Waals surface area contributed by atoms with Gasteiger partial charge < -0.3 is 4.74 Å². The van der Waals surface area contributed by atoms with Crippen molar-refractivity contribution in [3.05, 3.63) is 70.5 Å². The van der Waals surface area contributed by atoms with Crippen molar-refractivity contribution < 1.29 is 4.74 Å². The Morgan fingerprint density at radius 1 is 1.11 bits per heavy atom. The van der Waals surface area contributed by atoms with Gasteiger partial charge in [-0.3, -0.25) is 14.9 Å². The van der Waals surface area contributed by atoms with Crippen LogP contribution < -0.4 is 10.3 Å². The summed E-state index contributed by atoms with van der Waals surface area (Å²) >= 11 is 0. The molecular formula is C22H25N3O2. The molecule has 140 valence electrons. The van der Waals surface area contributed by atoms with E-state index in [0.29, 0.717) is 5.56 Å². The van der Waals surface area contributed by atoms with E-state index in [2.05, 4.69) is 17.0 Å². The highest BCUT2D eigenvalue weighted by molar-refractivity contribution is 6.03. The van der Waals surface area contributed by atoms with Gasteiger partial charge in [0.25, 0.3) is 5.56 Å². The predicted octanol–water partition coefficient (Wildman–Crippen LogP) is 4.45. The Bertz CT molecular complexity index is 967. The average Bonchev–Trinajstić information content (AvgIpc) is 3.06. The molecule has 0 aliphatic rings. The number of nitrogens with zero attached hydrogens (tertiary/aromatic N) is 2. The molecule has 27 heavy (non-hydrogen) atoms. The van der Waals surface area contributed by atoms with Crippen LogP contribution in [0.5, 0.6) is 5.75 Å². The van der Waals surface area contributed by atoms with E-state index < -0.39 is 0 Å². The average molecular weight is 363 g/mol. The Hall–Kier alpha value is -3.08. The quantitative estimate of drug-likeness (QED) is 0.498. The molecule has 0 bridgehead atoms. The molecule has 0 atom stereocenters. The molecule has 0 radical (unpaired) electrons. The molecule has 0 unspecified atom stereocenters. The van der Waals surface area contributed by atoms with E-state index in [-0.39, 0.29) is 5.56 Å². The van der Waals surface area contributed by atoms with Crippen molar-refractivity contribution in [2.24, 2.45) is 4.99 Å². The Balaban J connectivity index is 2.15.